The highest BCUT2D eigenvalue weighted by atomic mass is 32.2. The molecule has 0 radical (unpaired) electrons. The van der Waals surface area contributed by atoms with Crippen molar-refractivity contribution < 1.29 is 18.3 Å². The minimum atomic E-state index is -3.35. The van der Waals surface area contributed by atoms with Crippen molar-refractivity contribution in [2.45, 2.75) is 10.3 Å². The first-order valence-electron chi connectivity index (χ1n) is 8.30. The Balaban J connectivity index is 1.45. The minimum Gasteiger partial charge on any atom is -0.390 e. The summed E-state index contributed by atoms with van der Waals surface area (Å²) in [6.07, 6.45) is -0.413. The second-order valence-electron chi connectivity index (χ2n) is 6.20. The second-order valence-corrected chi connectivity index (χ2v) is 9.32. The highest BCUT2D eigenvalue weighted by Crippen LogP contribution is 2.22. The monoisotopic (exact) mass is 375 g/mol. The van der Waals surface area contributed by atoms with Gasteiger partial charge in [0, 0.05) is 52.4 Å². The first-order valence-corrected chi connectivity index (χ1v) is 10.6. The summed E-state index contributed by atoms with van der Waals surface area (Å²) in [5.41, 5.74) is 0. The van der Waals surface area contributed by atoms with Gasteiger partial charge in [0.2, 0.25) is 0 Å². The third kappa shape index (κ3) is 4.54. The molecule has 0 aliphatic carbocycles. The molecule has 1 atom stereocenters. The van der Waals surface area contributed by atoms with Crippen molar-refractivity contribution in [3.8, 4) is 0 Å². The third-order valence-corrected chi connectivity index (χ3v) is 7.73. The number of morpholine rings is 1. The molecule has 2 aliphatic heterocycles. The number of thiophene rings is 1. The average molecular weight is 376 g/mol. The summed E-state index contributed by atoms with van der Waals surface area (Å²) in [5.74, 6) is 0. The number of β-amino-alcohol motifs (C(OH)–C–C–N with tert-alkyl or cyclic N) is 1. The molecule has 136 valence electrons. The lowest BCUT2D eigenvalue weighted by Gasteiger charge is -2.36. The first kappa shape index (κ1) is 18.2. The molecule has 24 heavy (non-hydrogen) atoms. The van der Waals surface area contributed by atoms with Crippen LogP contribution in [0, 0.1) is 0 Å². The summed E-state index contributed by atoms with van der Waals surface area (Å²) >= 11 is 1.26. The Bertz CT molecular complexity index is 594. The van der Waals surface area contributed by atoms with Crippen molar-refractivity contribution in [3.63, 3.8) is 0 Å². The van der Waals surface area contributed by atoms with Gasteiger partial charge >= 0.3 is 0 Å². The fraction of sp³-hybridized carbons (Fsp3) is 0.733. The van der Waals surface area contributed by atoms with E-state index in [0.29, 0.717) is 43.5 Å². The van der Waals surface area contributed by atoms with E-state index in [-0.39, 0.29) is 0 Å². The molecule has 7 nitrogen and oxygen atoms in total. The number of piperazine rings is 1. The summed E-state index contributed by atoms with van der Waals surface area (Å²) in [7, 11) is -3.35. The molecule has 3 heterocycles. The van der Waals surface area contributed by atoms with Gasteiger partial charge in [-0.05, 0) is 11.4 Å². The van der Waals surface area contributed by atoms with E-state index in [0.717, 1.165) is 26.3 Å². The van der Waals surface area contributed by atoms with Crippen LogP contribution in [0.3, 0.4) is 0 Å². The van der Waals surface area contributed by atoms with Gasteiger partial charge in [-0.2, -0.15) is 4.31 Å². The van der Waals surface area contributed by atoms with Gasteiger partial charge in [-0.1, -0.05) is 6.07 Å². The van der Waals surface area contributed by atoms with Crippen LogP contribution in [0.25, 0.3) is 0 Å². The number of hydrogen-bond acceptors (Lipinski definition) is 7. The van der Waals surface area contributed by atoms with Crippen molar-refractivity contribution in [2.24, 2.45) is 0 Å². The number of aliphatic hydroxyl groups excluding tert-OH is 1. The quantitative estimate of drug-likeness (QED) is 0.739. The van der Waals surface area contributed by atoms with Crippen LogP contribution in [0.2, 0.25) is 0 Å². The molecule has 0 saturated carbocycles. The standard InChI is InChI=1S/C15H25N3O4S2/c19-14(13-17-7-9-22-10-8-17)12-16-3-5-18(6-4-16)24(20,21)15-2-1-11-23-15/h1-2,11,14,19H,3-10,12-13H2. The Morgan fingerprint density at radius 1 is 1.08 bits per heavy atom. The Kier molecular flexibility index (Phi) is 6.25. The van der Waals surface area contributed by atoms with Crippen molar-refractivity contribution >= 4 is 21.4 Å². The molecular formula is C15H25N3O4S2. The molecule has 1 aromatic heterocycles. The predicted molar refractivity (Wildman–Crippen MR) is 92.8 cm³/mol. The van der Waals surface area contributed by atoms with E-state index >= 15 is 0 Å². The van der Waals surface area contributed by atoms with Crippen molar-refractivity contribution in [2.75, 3.05) is 65.6 Å². The molecular weight excluding hydrogens is 350 g/mol. The number of nitrogens with zero attached hydrogens (tertiary/aromatic N) is 3. The summed E-state index contributed by atoms with van der Waals surface area (Å²) in [6.45, 7) is 6.69. The average Bonchev–Trinajstić information content (AvgIpc) is 3.11. The second kappa shape index (κ2) is 8.22. The number of rotatable bonds is 6. The first-order chi connectivity index (χ1) is 11.6. The zero-order valence-electron chi connectivity index (χ0n) is 13.7. The number of ether oxygens (including phenoxy) is 1. The molecule has 3 rings (SSSR count). The van der Waals surface area contributed by atoms with Gasteiger partial charge in [0.05, 0.1) is 19.3 Å². The van der Waals surface area contributed by atoms with E-state index in [1.807, 2.05) is 0 Å². The molecule has 0 amide bonds. The van der Waals surface area contributed by atoms with Crippen LogP contribution in [-0.2, 0) is 14.8 Å². The van der Waals surface area contributed by atoms with Crippen LogP contribution in [0.5, 0.6) is 0 Å². The van der Waals surface area contributed by atoms with Crippen LogP contribution >= 0.6 is 11.3 Å². The smallest absolute Gasteiger partial charge is 0.252 e. The predicted octanol–water partition coefficient (Wildman–Crippen LogP) is -0.252. The molecule has 1 N–H and O–H groups in total. The Hall–Kier alpha value is -0.550. The van der Waals surface area contributed by atoms with Crippen LogP contribution in [0.15, 0.2) is 21.7 Å². The summed E-state index contributed by atoms with van der Waals surface area (Å²) in [4.78, 5) is 4.36. The van der Waals surface area contributed by atoms with Crippen molar-refractivity contribution in [3.05, 3.63) is 17.5 Å². The Labute approximate surface area is 147 Å². The van der Waals surface area contributed by atoms with Crippen LogP contribution < -0.4 is 0 Å². The molecule has 0 aromatic carbocycles. The number of aliphatic hydroxyl groups is 1. The fourth-order valence-electron chi connectivity index (χ4n) is 3.13. The molecule has 1 aromatic rings. The SMILES string of the molecule is O=S(=O)(c1cccs1)N1CCN(CC(O)CN2CCOCC2)CC1. The Morgan fingerprint density at radius 2 is 1.71 bits per heavy atom. The van der Waals surface area contributed by atoms with Crippen molar-refractivity contribution in [1.29, 1.82) is 0 Å². The maximum absolute atomic E-state index is 12.5. The lowest BCUT2D eigenvalue weighted by Crippen LogP contribution is -2.51. The van der Waals surface area contributed by atoms with Crippen LogP contribution in [-0.4, -0.2) is 99.3 Å². The molecule has 0 spiro atoms. The molecule has 2 saturated heterocycles. The van der Waals surface area contributed by atoms with E-state index in [4.69, 9.17) is 4.74 Å². The van der Waals surface area contributed by atoms with E-state index in [1.165, 1.54) is 11.3 Å². The normalized spacial score (nSPS) is 23.4. The van der Waals surface area contributed by atoms with Gasteiger partial charge in [0.1, 0.15) is 4.21 Å². The molecule has 2 aliphatic rings. The Morgan fingerprint density at radius 3 is 2.29 bits per heavy atom. The highest BCUT2D eigenvalue weighted by Gasteiger charge is 2.29. The van der Waals surface area contributed by atoms with Gasteiger partial charge in [0.15, 0.2) is 0 Å². The fourth-order valence-corrected chi connectivity index (χ4v) is 5.69. The van der Waals surface area contributed by atoms with E-state index in [1.54, 1.807) is 21.8 Å². The highest BCUT2D eigenvalue weighted by molar-refractivity contribution is 7.91. The largest absolute Gasteiger partial charge is 0.390 e. The van der Waals surface area contributed by atoms with Gasteiger partial charge in [-0.25, -0.2) is 8.42 Å². The zero-order chi connectivity index (χ0) is 17.0. The van der Waals surface area contributed by atoms with Gasteiger partial charge < -0.3 is 9.84 Å². The molecule has 9 heteroatoms. The maximum atomic E-state index is 12.5. The summed E-state index contributed by atoms with van der Waals surface area (Å²) in [6, 6.07) is 3.41. The summed E-state index contributed by atoms with van der Waals surface area (Å²) in [5, 5.41) is 12.1. The van der Waals surface area contributed by atoms with Gasteiger partial charge in [-0.3, -0.25) is 9.80 Å². The van der Waals surface area contributed by atoms with E-state index in [9.17, 15) is 13.5 Å². The summed E-state index contributed by atoms with van der Waals surface area (Å²) < 4.78 is 32.2. The third-order valence-electron chi connectivity index (χ3n) is 4.46. The van der Waals surface area contributed by atoms with Gasteiger partial charge in [0.25, 0.3) is 10.0 Å². The maximum Gasteiger partial charge on any atom is 0.252 e. The number of hydrogen-bond donors (Lipinski definition) is 1. The molecule has 0 bridgehead atoms. The molecule has 1 unspecified atom stereocenters. The topological polar surface area (TPSA) is 73.3 Å². The van der Waals surface area contributed by atoms with E-state index in [2.05, 4.69) is 9.80 Å². The molecule has 2 fully saturated rings. The minimum absolute atomic E-state index is 0.406. The lowest BCUT2D eigenvalue weighted by atomic mass is 10.2. The van der Waals surface area contributed by atoms with Crippen LogP contribution in [0.1, 0.15) is 0 Å². The van der Waals surface area contributed by atoms with Gasteiger partial charge in [-0.15, -0.1) is 11.3 Å². The zero-order valence-corrected chi connectivity index (χ0v) is 15.3. The van der Waals surface area contributed by atoms with E-state index < -0.39 is 16.1 Å². The van der Waals surface area contributed by atoms with Crippen LogP contribution in [0.4, 0.5) is 0 Å². The number of sulfonamides is 1. The van der Waals surface area contributed by atoms with Crippen molar-refractivity contribution in [1.82, 2.24) is 14.1 Å². The lowest BCUT2D eigenvalue weighted by molar-refractivity contribution is 0.00469.